The van der Waals surface area contributed by atoms with Gasteiger partial charge in [-0.05, 0) is 37.7 Å². The number of amides is 1. The van der Waals surface area contributed by atoms with Crippen molar-refractivity contribution in [3.63, 3.8) is 0 Å². The largest absolute Gasteiger partial charge is 0.394 e. The van der Waals surface area contributed by atoms with Crippen LogP contribution in [0.25, 0.3) is 0 Å². The van der Waals surface area contributed by atoms with Crippen molar-refractivity contribution in [2.45, 2.75) is 210 Å². The monoisotopic (exact) mass is 768 g/mol. The molecule has 0 aromatic rings. The van der Waals surface area contributed by atoms with Crippen LogP contribution in [-0.2, 0) is 19.1 Å². The molecule has 314 valence electrons. The Morgan fingerprint density at radius 1 is 0.704 bits per heavy atom. The quantitative estimate of drug-likeness (QED) is 0.0224. The molecule has 11 nitrogen and oxygen atoms in total. The Morgan fingerprint density at radius 2 is 1.22 bits per heavy atom. The molecule has 0 bridgehead atoms. The number of carbonyl (C=O) groups is 2. The van der Waals surface area contributed by atoms with Gasteiger partial charge in [0.15, 0.2) is 18.2 Å². The second-order valence-electron chi connectivity index (χ2n) is 15.1. The van der Waals surface area contributed by atoms with E-state index in [2.05, 4.69) is 25.7 Å². The molecule has 1 fully saturated rings. The van der Waals surface area contributed by atoms with Crippen LogP contribution in [0.1, 0.15) is 162 Å². The lowest BCUT2D eigenvalue weighted by Gasteiger charge is -2.40. The molecule has 0 radical (unpaired) electrons. The molecule has 0 unspecified atom stereocenters. The number of carbonyl (C=O) groups excluding carboxylic acids is 2. The molecule has 0 aromatic heterocycles. The van der Waals surface area contributed by atoms with Gasteiger partial charge in [0.2, 0.25) is 0 Å². The summed E-state index contributed by atoms with van der Waals surface area (Å²) in [7, 11) is 0. The fourth-order valence-electron chi connectivity index (χ4n) is 6.51. The maximum atomic E-state index is 13.0. The molecule has 0 aliphatic carbocycles. The Labute approximate surface area is 326 Å². The van der Waals surface area contributed by atoms with E-state index in [1.165, 1.54) is 95.6 Å². The van der Waals surface area contributed by atoms with Crippen LogP contribution in [0.5, 0.6) is 0 Å². The predicted octanol–water partition coefficient (Wildman–Crippen LogP) is 6.26. The molecule has 0 aromatic carbocycles. The molecule has 11 heteroatoms. The molecule has 1 aliphatic heterocycles. The SMILES string of the molecule is C=C(CCCCCCCCC)C(=O)CC/C=C/[C@@H](O)[C@H](CO[C@@H]1O[C@H](CO)[C@@H](O)[C@H](O)[C@H]1O)NC(=O)[C@H](O)/C=C/CCCCCCCCCCCCCC. The molecule has 7 N–H and O–H groups in total. The van der Waals surface area contributed by atoms with Crippen molar-refractivity contribution in [2.75, 3.05) is 13.2 Å². The van der Waals surface area contributed by atoms with Crippen molar-refractivity contribution in [1.29, 1.82) is 0 Å². The highest BCUT2D eigenvalue weighted by molar-refractivity contribution is 5.94. The minimum Gasteiger partial charge on any atom is -0.394 e. The number of allylic oxidation sites excluding steroid dienone is 3. The van der Waals surface area contributed by atoms with E-state index in [1.54, 1.807) is 12.2 Å². The number of nitrogens with one attached hydrogen (secondary N) is 1. The Hall–Kier alpha value is -1.96. The first kappa shape index (κ1) is 50.1. The van der Waals surface area contributed by atoms with E-state index < -0.39 is 68.1 Å². The van der Waals surface area contributed by atoms with Crippen LogP contribution in [0.2, 0.25) is 0 Å². The van der Waals surface area contributed by atoms with E-state index in [-0.39, 0.29) is 12.2 Å². The molecule has 54 heavy (non-hydrogen) atoms. The summed E-state index contributed by atoms with van der Waals surface area (Å²) in [4.78, 5) is 25.6. The Balaban J connectivity index is 2.61. The third-order valence-electron chi connectivity index (χ3n) is 10.2. The van der Waals surface area contributed by atoms with Crippen LogP contribution >= 0.6 is 0 Å². The molecule has 1 aliphatic rings. The third kappa shape index (κ3) is 22.6. The average molecular weight is 768 g/mol. The first-order valence-electron chi connectivity index (χ1n) is 21.2. The van der Waals surface area contributed by atoms with Crippen LogP contribution in [0, 0.1) is 0 Å². The normalized spacial score (nSPS) is 22.1. The number of ether oxygens (including phenoxy) is 2. The number of Topliss-reactive ketones (excluding diaryl/α,β-unsaturated/α-hetero) is 1. The summed E-state index contributed by atoms with van der Waals surface area (Å²) in [5.41, 5.74) is 0.594. The molecule has 1 amide bonds. The topological polar surface area (TPSA) is 186 Å². The van der Waals surface area contributed by atoms with Gasteiger partial charge in [-0.3, -0.25) is 9.59 Å². The summed E-state index contributed by atoms with van der Waals surface area (Å²) in [6.07, 6.45) is 20.8. The third-order valence-corrected chi connectivity index (χ3v) is 10.2. The van der Waals surface area contributed by atoms with Crippen LogP contribution in [0.4, 0.5) is 0 Å². The van der Waals surface area contributed by atoms with Crippen molar-refractivity contribution < 1.29 is 49.7 Å². The minimum absolute atomic E-state index is 0.0330. The number of aliphatic hydroxyl groups is 6. The van der Waals surface area contributed by atoms with Gasteiger partial charge in [0.25, 0.3) is 5.91 Å². The van der Waals surface area contributed by atoms with Gasteiger partial charge in [0, 0.05) is 6.42 Å². The lowest BCUT2D eigenvalue weighted by molar-refractivity contribution is -0.302. The first-order valence-corrected chi connectivity index (χ1v) is 21.2. The van der Waals surface area contributed by atoms with E-state index in [0.717, 1.165) is 44.9 Å². The van der Waals surface area contributed by atoms with Gasteiger partial charge in [0.1, 0.15) is 24.4 Å². The van der Waals surface area contributed by atoms with Gasteiger partial charge >= 0.3 is 0 Å². The van der Waals surface area contributed by atoms with Crippen LogP contribution in [-0.4, -0.2) is 104 Å². The zero-order chi connectivity index (χ0) is 40.0. The van der Waals surface area contributed by atoms with E-state index in [0.29, 0.717) is 18.4 Å². The molecule has 0 saturated carbocycles. The molecule has 1 heterocycles. The molecule has 0 spiro atoms. The van der Waals surface area contributed by atoms with Crippen LogP contribution < -0.4 is 5.32 Å². The summed E-state index contributed by atoms with van der Waals surface area (Å²) >= 11 is 0. The number of hydrogen-bond donors (Lipinski definition) is 7. The summed E-state index contributed by atoms with van der Waals surface area (Å²) in [5.74, 6) is -0.804. The number of ketones is 1. The fraction of sp³-hybridized carbons (Fsp3) is 0.814. The van der Waals surface area contributed by atoms with Gasteiger partial charge < -0.3 is 45.4 Å². The van der Waals surface area contributed by atoms with Crippen molar-refractivity contribution in [3.05, 3.63) is 36.5 Å². The van der Waals surface area contributed by atoms with Gasteiger partial charge in [-0.1, -0.05) is 154 Å². The summed E-state index contributed by atoms with van der Waals surface area (Å²) in [6, 6.07) is -1.12. The molecule has 1 rings (SSSR count). The molecule has 8 atom stereocenters. The Morgan fingerprint density at radius 3 is 1.78 bits per heavy atom. The smallest absolute Gasteiger partial charge is 0.253 e. The van der Waals surface area contributed by atoms with E-state index in [1.807, 2.05) is 0 Å². The number of unbranched alkanes of at least 4 members (excludes halogenated alkanes) is 18. The Kier molecular flexibility index (Phi) is 29.8. The van der Waals surface area contributed by atoms with Crippen LogP contribution in [0.3, 0.4) is 0 Å². The van der Waals surface area contributed by atoms with Crippen molar-refractivity contribution in [1.82, 2.24) is 5.32 Å². The molecule has 1 saturated heterocycles. The second-order valence-corrected chi connectivity index (χ2v) is 15.1. The highest BCUT2D eigenvalue weighted by atomic mass is 16.7. The van der Waals surface area contributed by atoms with Crippen molar-refractivity contribution in [2.24, 2.45) is 0 Å². The maximum absolute atomic E-state index is 13.0. The number of rotatable bonds is 34. The van der Waals surface area contributed by atoms with E-state index >= 15 is 0 Å². The zero-order valence-electron chi connectivity index (χ0n) is 33.6. The highest BCUT2D eigenvalue weighted by Crippen LogP contribution is 2.22. The highest BCUT2D eigenvalue weighted by Gasteiger charge is 2.44. The minimum atomic E-state index is -1.67. The lowest BCUT2D eigenvalue weighted by atomic mass is 9.99. The molecular weight excluding hydrogens is 690 g/mol. The van der Waals surface area contributed by atoms with Crippen molar-refractivity contribution >= 4 is 11.7 Å². The summed E-state index contributed by atoms with van der Waals surface area (Å²) in [6.45, 7) is 7.32. The maximum Gasteiger partial charge on any atom is 0.253 e. The van der Waals surface area contributed by atoms with Crippen molar-refractivity contribution in [3.8, 4) is 0 Å². The molecular formula is C43H77NO10. The second kappa shape index (κ2) is 32.2. The lowest BCUT2D eigenvalue weighted by Crippen LogP contribution is -2.60. The van der Waals surface area contributed by atoms with Crippen LogP contribution in [0.15, 0.2) is 36.5 Å². The Bertz CT molecular complexity index is 1030. The van der Waals surface area contributed by atoms with Gasteiger partial charge in [-0.25, -0.2) is 0 Å². The fourth-order valence-corrected chi connectivity index (χ4v) is 6.51. The van der Waals surface area contributed by atoms with E-state index in [9.17, 15) is 40.2 Å². The predicted molar refractivity (Wildman–Crippen MR) is 214 cm³/mol. The van der Waals surface area contributed by atoms with Gasteiger partial charge in [0.05, 0.1) is 25.4 Å². The first-order chi connectivity index (χ1) is 26.1. The standard InChI is InChI=1S/C43H77NO10/c1-4-6-8-10-12-13-14-15-16-17-18-20-22-24-30-37(48)42(52)44-34(32-53-43-41(51)40(50)39(49)38(31-45)54-43)36(47)29-26-25-28-35(46)33(3)27-23-21-19-11-9-7-5-2/h24,26,29-30,34,36-41,43,45,47-51H,3-23,25,27-28,31-32H2,1-2H3,(H,44,52)/b29-26+,30-24+/t34-,36+,37+,38+,39+,40-,41+,43+/m0/s1. The van der Waals surface area contributed by atoms with Gasteiger partial charge in [-0.2, -0.15) is 0 Å². The number of hydrogen-bond acceptors (Lipinski definition) is 10. The van der Waals surface area contributed by atoms with Gasteiger partial charge in [-0.15, -0.1) is 0 Å². The average Bonchev–Trinajstić information content (AvgIpc) is 3.17. The summed E-state index contributed by atoms with van der Waals surface area (Å²) < 4.78 is 11.0. The number of aliphatic hydroxyl groups excluding tert-OH is 6. The summed E-state index contributed by atoms with van der Waals surface area (Å²) in [5, 5.41) is 64.3. The van der Waals surface area contributed by atoms with E-state index in [4.69, 9.17) is 9.47 Å². The zero-order valence-corrected chi connectivity index (χ0v) is 33.6.